The van der Waals surface area contributed by atoms with E-state index in [0.717, 1.165) is 25.9 Å². The summed E-state index contributed by atoms with van der Waals surface area (Å²) in [4.78, 5) is 11.0. The van der Waals surface area contributed by atoms with Gasteiger partial charge in [-0.2, -0.15) is 0 Å². The fourth-order valence-corrected chi connectivity index (χ4v) is 3.59. The van der Waals surface area contributed by atoms with Crippen molar-refractivity contribution in [2.75, 3.05) is 13.1 Å². The topological polar surface area (TPSA) is 46.1 Å². The van der Waals surface area contributed by atoms with Crippen molar-refractivity contribution < 1.29 is 28.8 Å². The molecule has 0 aromatic carbocycles. The summed E-state index contributed by atoms with van der Waals surface area (Å²) in [6.07, 6.45) is 1.81. The van der Waals surface area contributed by atoms with E-state index in [0.29, 0.717) is 0 Å². The highest BCUT2D eigenvalue weighted by molar-refractivity contribution is 7.24. The van der Waals surface area contributed by atoms with Gasteiger partial charge in [-0.15, -0.1) is 0 Å². The molecule has 2 N–H and O–H groups in total. The molecular formula is C9H13IN2OS2. The van der Waals surface area contributed by atoms with Gasteiger partial charge in [-0.05, 0) is 0 Å². The van der Waals surface area contributed by atoms with E-state index in [-0.39, 0.29) is 35.8 Å². The highest BCUT2D eigenvalue weighted by atomic mass is 127. The molecule has 0 unspecified atom stereocenters. The van der Waals surface area contributed by atoms with Gasteiger partial charge in [-0.3, -0.25) is 4.79 Å². The largest absolute Gasteiger partial charge is 1.00 e. The van der Waals surface area contributed by atoms with Crippen LogP contribution in [0.15, 0.2) is 10.8 Å². The van der Waals surface area contributed by atoms with Crippen LogP contribution < -0.4 is 38.3 Å². The SMILES string of the molecule is NC(=O)C1CC[N+](=c2sccs2)CC1.[I-]. The summed E-state index contributed by atoms with van der Waals surface area (Å²) in [5.41, 5.74) is 5.28. The Morgan fingerprint density at radius 2 is 1.87 bits per heavy atom. The molecule has 1 aromatic rings. The van der Waals surface area contributed by atoms with Gasteiger partial charge in [0, 0.05) is 29.5 Å². The van der Waals surface area contributed by atoms with E-state index in [1.54, 1.807) is 22.7 Å². The summed E-state index contributed by atoms with van der Waals surface area (Å²) >= 11 is 3.53. The van der Waals surface area contributed by atoms with E-state index in [2.05, 4.69) is 15.3 Å². The Hall–Kier alpha value is 0.0500. The third kappa shape index (κ3) is 3.25. The van der Waals surface area contributed by atoms with Gasteiger partial charge in [0.05, 0.1) is 0 Å². The van der Waals surface area contributed by atoms with Gasteiger partial charge in [0.2, 0.25) is 5.91 Å². The van der Waals surface area contributed by atoms with Crippen molar-refractivity contribution in [3.8, 4) is 0 Å². The summed E-state index contributed by atoms with van der Waals surface area (Å²) in [6.45, 7) is 1.93. The zero-order chi connectivity index (χ0) is 9.97. The summed E-state index contributed by atoms with van der Waals surface area (Å²) in [6, 6.07) is 0. The molecule has 6 heteroatoms. The number of carbonyl (C=O) groups excluding carboxylic acids is 1. The maximum Gasteiger partial charge on any atom is 0.313 e. The summed E-state index contributed by atoms with van der Waals surface area (Å²) in [5.74, 6) is -0.0456. The first-order valence-corrected chi connectivity index (χ1v) is 6.43. The van der Waals surface area contributed by atoms with Gasteiger partial charge < -0.3 is 29.7 Å². The van der Waals surface area contributed by atoms with Crippen LogP contribution in [0.1, 0.15) is 12.8 Å². The average molecular weight is 356 g/mol. The predicted molar refractivity (Wildman–Crippen MR) is 59.1 cm³/mol. The highest BCUT2D eigenvalue weighted by Gasteiger charge is 2.25. The van der Waals surface area contributed by atoms with Crippen molar-refractivity contribution >= 4 is 28.6 Å². The number of halogens is 1. The maximum absolute atomic E-state index is 11.0. The second kappa shape index (κ2) is 5.95. The summed E-state index contributed by atoms with van der Waals surface area (Å²) in [5, 5.41) is 4.19. The van der Waals surface area contributed by atoms with Gasteiger partial charge in [-0.25, -0.2) is 4.58 Å². The molecule has 3 nitrogen and oxygen atoms in total. The third-order valence-corrected chi connectivity index (χ3v) is 4.76. The third-order valence-electron chi connectivity index (χ3n) is 2.55. The molecule has 1 aliphatic rings. The number of hydrogen-bond donors (Lipinski definition) is 1. The zero-order valence-electron chi connectivity index (χ0n) is 8.19. The Bertz CT molecular complexity index is 372. The van der Waals surface area contributed by atoms with Gasteiger partial charge in [-0.1, -0.05) is 22.7 Å². The summed E-state index contributed by atoms with van der Waals surface area (Å²) < 4.78 is 3.68. The molecule has 1 aliphatic heterocycles. The van der Waals surface area contributed by atoms with Crippen molar-refractivity contribution in [2.24, 2.45) is 11.7 Å². The number of nitrogens with zero attached hydrogens (tertiary/aromatic N) is 1. The number of nitrogens with two attached hydrogens (primary N) is 1. The average Bonchev–Trinajstić information content (AvgIpc) is 2.71. The lowest BCUT2D eigenvalue weighted by Crippen LogP contribution is -3.00. The second-order valence-electron chi connectivity index (χ2n) is 3.44. The van der Waals surface area contributed by atoms with Crippen molar-refractivity contribution in [2.45, 2.75) is 12.8 Å². The number of rotatable bonds is 1. The molecule has 2 rings (SSSR count). The van der Waals surface area contributed by atoms with Crippen molar-refractivity contribution in [1.29, 1.82) is 0 Å². The predicted octanol–water partition coefficient (Wildman–Crippen LogP) is -2.52. The smallest absolute Gasteiger partial charge is 0.313 e. The van der Waals surface area contributed by atoms with Gasteiger partial charge in [0.25, 0.3) is 0 Å². The molecule has 2 heterocycles. The highest BCUT2D eigenvalue weighted by Crippen LogP contribution is 2.12. The molecule has 0 saturated carbocycles. The molecule has 0 spiro atoms. The summed E-state index contributed by atoms with van der Waals surface area (Å²) in [7, 11) is 0. The maximum atomic E-state index is 11.0. The lowest BCUT2D eigenvalue weighted by atomic mass is 9.97. The fraction of sp³-hybridized carbons (Fsp3) is 0.556. The Morgan fingerprint density at radius 3 is 2.33 bits per heavy atom. The first kappa shape index (κ1) is 13.1. The van der Waals surface area contributed by atoms with Crippen molar-refractivity contribution in [3.63, 3.8) is 0 Å². The van der Waals surface area contributed by atoms with E-state index in [4.69, 9.17) is 5.73 Å². The lowest BCUT2D eigenvalue weighted by molar-refractivity contribution is -0.122. The normalized spacial score (nSPS) is 20.8. The van der Waals surface area contributed by atoms with Crippen LogP contribution in [0.4, 0.5) is 0 Å². The van der Waals surface area contributed by atoms with Crippen LogP contribution >= 0.6 is 22.7 Å². The minimum absolute atomic E-state index is 0. The van der Waals surface area contributed by atoms with Gasteiger partial charge in [0.1, 0.15) is 13.1 Å². The first-order valence-electron chi connectivity index (χ1n) is 4.67. The minimum atomic E-state index is -0.139. The zero-order valence-corrected chi connectivity index (χ0v) is 12.0. The van der Waals surface area contributed by atoms with Crippen LogP contribution in [0.5, 0.6) is 0 Å². The molecule has 15 heavy (non-hydrogen) atoms. The molecule has 0 radical (unpaired) electrons. The van der Waals surface area contributed by atoms with Crippen LogP contribution in [0.25, 0.3) is 0 Å². The molecular weight excluding hydrogens is 343 g/mol. The number of hydrogen-bond acceptors (Lipinski definition) is 3. The van der Waals surface area contributed by atoms with Crippen molar-refractivity contribution in [1.82, 2.24) is 4.58 Å². The van der Waals surface area contributed by atoms with Crippen LogP contribution in [0.2, 0.25) is 0 Å². The van der Waals surface area contributed by atoms with Crippen LogP contribution in [0.3, 0.4) is 0 Å². The first-order chi connectivity index (χ1) is 6.77. The van der Waals surface area contributed by atoms with Crippen LogP contribution in [0, 0.1) is 5.92 Å². The van der Waals surface area contributed by atoms with E-state index >= 15 is 0 Å². The molecule has 0 aliphatic carbocycles. The number of amides is 1. The Morgan fingerprint density at radius 1 is 1.33 bits per heavy atom. The van der Waals surface area contributed by atoms with Gasteiger partial charge in [0.15, 0.2) is 0 Å². The fourth-order valence-electron chi connectivity index (χ4n) is 1.70. The van der Waals surface area contributed by atoms with E-state index < -0.39 is 0 Å². The number of primary amides is 1. The molecule has 1 aromatic heterocycles. The number of piperidine rings is 1. The monoisotopic (exact) mass is 356 g/mol. The van der Waals surface area contributed by atoms with E-state index in [1.165, 1.54) is 3.98 Å². The van der Waals surface area contributed by atoms with Gasteiger partial charge >= 0.3 is 3.98 Å². The van der Waals surface area contributed by atoms with E-state index in [1.807, 2.05) is 0 Å². The lowest BCUT2D eigenvalue weighted by Gasteiger charge is -2.16. The molecule has 1 saturated heterocycles. The standard InChI is InChI=1S/C9H12N2OS2.HI/c10-8(12)7-1-3-11(4-2-7)9-13-5-6-14-9;/h5-7H,1-4H2,(H-,10,12);1H. The Labute approximate surface area is 114 Å². The molecule has 0 atom stereocenters. The minimum Gasteiger partial charge on any atom is -1.00 e. The molecule has 0 bridgehead atoms. The van der Waals surface area contributed by atoms with E-state index in [9.17, 15) is 4.79 Å². The quantitative estimate of drug-likeness (QED) is 0.438. The number of carbonyl (C=O) groups is 1. The molecule has 1 fully saturated rings. The van der Waals surface area contributed by atoms with Crippen LogP contribution in [-0.2, 0) is 4.79 Å². The Kier molecular flexibility index (Phi) is 5.20. The van der Waals surface area contributed by atoms with Crippen LogP contribution in [-0.4, -0.2) is 19.0 Å². The second-order valence-corrected chi connectivity index (χ2v) is 5.49. The molecule has 1 amide bonds. The molecule has 84 valence electrons. The van der Waals surface area contributed by atoms with Crippen molar-refractivity contribution in [3.05, 3.63) is 14.7 Å². The Balaban J connectivity index is 0.00000112.